The van der Waals surface area contributed by atoms with Crippen LogP contribution in [0.4, 0.5) is 10.1 Å². The van der Waals surface area contributed by atoms with Gasteiger partial charge in [-0.25, -0.2) is 4.39 Å². The smallest absolute Gasteiger partial charge is 0.127 e. The zero-order chi connectivity index (χ0) is 14.1. The highest BCUT2D eigenvalue weighted by Crippen LogP contribution is 2.25. The van der Waals surface area contributed by atoms with E-state index in [-0.39, 0.29) is 5.82 Å². The Hall–Kier alpha value is -1.87. The number of hydrogen-bond acceptors (Lipinski definition) is 2. The summed E-state index contributed by atoms with van der Waals surface area (Å²) >= 11 is 0. The van der Waals surface area contributed by atoms with Gasteiger partial charge in [-0.1, -0.05) is 29.8 Å². The number of nitrogen functional groups attached to an aromatic ring is 1. The van der Waals surface area contributed by atoms with Crippen LogP contribution in [0.1, 0.15) is 22.3 Å². The summed E-state index contributed by atoms with van der Waals surface area (Å²) in [5, 5.41) is 0. The number of benzene rings is 2. The van der Waals surface area contributed by atoms with Crippen molar-refractivity contribution in [1.29, 1.82) is 0 Å². The molecule has 2 aromatic carbocycles. The van der Waals surface area contributed by atoms with Crippen LogP contribution < -0.4 is 5.73 Å². The summed E-state index contributed by atoms with van der Waals surface area (Å²) in [6.45, 7) is 4.42. The maximum Gasteiger partial charge on any atom is 0.127 e. The molecule has 20 heavy (non-hydrogen) atoms. The van der Waals surface area contributed by atoms with E-state index in [1.165, 1.54) is 11.1 Å². The molecule has 0 saturated heterocycles. The Morgan fingerprint density at radius 2 is 2.10 bits per heavy atom. The van der Waals surface area contributed by atoms with Gasteiger partial charge >= 0.3 is 0 Å². The molecule has 0 radical (unpaired) electrons. The highest BCUT2D eigenvalue weighted by molar-refractivity contribution is 5.51. The largest absolute Gasteiger partial charge is 0.398 e. The van der Waals surface area contributed by atoms with Crippen molar-refractivity contribution in [2.45, 2.75) is 26.4 Å². The summed E-state index contributed by atoms with van der Waals surface area (Å²) in [4.78, 5) is 2.28. The van der Waals surface area contributed by atoms with E-state index in [2.05, 4.69) is 11.0 Å². The molecule has 104 valence electrons. The maximum atomic E-state index is 13.8. The Balaban J connectivity index is 1.79. The van der Waals surface area contributed by atoms with Crippen molar-refractivity contribution in [3.05, 3.63) is 64.5 Å². The molecule has 3 heteroatoms. The van der Waals surface area contributed by atoms with E-state index in [1.54, 1.807) is 6.07 Å². The maximum absolute atomic E-state index is 13.8. The highest BCUT2D eigenvalue weighted by Gasteiger charge is 2.18. The molecule has 0 aromatic heterocycles. The second-order valence-electron chi connectivity index (χ2n) is 5.54. The number of rotatable bonds is 2. The quantitative estimate of drug-likeness (QED) is 0.849. The van der Waals surface area contributed by atoms with Gasteiger partial charge in [-0.3, -0.25) is 4.90 Å². The molecule has 2 N–H and O–H groups in total. The van der Waals surface area contributed by atoms with E-state index in [1.807, 2.05) is 31.2 Å². The van der Waals surface area contributed by atoms with Crippen LogP contribution >= 0.6 is 0 Å². The van der Waals surface area contributed by atoms with Crippen molar-refractivity contribution < 1.29 is 4.39 Å². The third-order valence-electron chi connectivity index (χ3n) is 3.98. The van der Waals surface area contributed by atoms with Gasteiger partial charge in [0.05, 0.1) is 0 Å². The molecule has 3 rings (SSSR count). The van der Waals surface area contributed by atoms with Crippen molar-refractivity contribution >= 4 is 5.69 Å². The van der Waals surface area contributed by atoms with E-state index in [0.717, 1.165) is 36.3 Å². The van der Waals surface area contributed by atoms with Gasteiger partial charge in [-0.2, -0.15) is 0 Å². The molecule has 0 amide bonds. The number of fused-ring (bicyclic) bond motifs is 1. The molecule has 0 bridgehead atoms. The minimum Gasteiger partial charge on any atom is -0.398 e. The third-order valence-corrected chi connectivity index (χ3v) is 3.98. The first-order valence-electron chi connectivity index (χ1n) is 6.97. The van der Waals surface area contributed by atoms with Crippen molar-refractivity contribution in [3.63, 3.8) is 0 Å². The zero-order valence-electron chi connectivity index (χ0n) is 11.7. The van der Waals surface area contributed by atoms with Crippen LogP contribution in [0.5, 0.6) is 0 Å². The molecule has 1 aliphatic heterocycles. The number of nitrogens with two attached hydrogens (primary N) is 1. The molecule has 2 nitrogen and oxygen atoms in total. The highest BCUT2D eigenvalue weighted by atomic mass is 19.1. The van der Waals surface area contributed by atoms with Crippen molar-refractivity contribution in [2.75, 3.05) is 12.3 Å². The van der Waals surface area contributed by atoms with Gasteiger partial charge in [0, 0.05) is 30.9 Å². The van der Waals surface area contributed by atoms with Crippen LogP contribution in [-0.2, 0) is 19.5 Å². The monoisotopic (exact) mass is 270 g/mol. The summed E-state index contributed by atoms with van der Waals surface area (Å²) in [5.41, 5.74) is 11.3. The van der Waals surface area contributed by atoms with Gasteiger partial charge in [0.2, 0.25) is 0 Å². The number of nitrogens with zero attached hydrogens (tertiary/aromatic N) is 1. The first kappa shape index (κ1) is 13.1. The van der Waals surface area contributed by atoms with Crippen molar-refractivity contribution in [2.24, 2.45) is 0 Å². The second-order valence-corrected chi connectivity index (χ2v) is 5.54. The standard InChI is InChI=1S/C17H19FN2/c1-12-5-6-16(18)14(9-12)11-20-8-7-15-13(10-20)3-2-4-17(15)19/h2-6,9H,7-8,10-11,19H2,1H3. The van der Waals surface area contributed by atoms with Crippen molar-refractivity contribution in [1.82, 2.24) is 4.90 Å². The SMILES string of the molecule is Cc1ccc(F)c(CN2CCc3c(N)cccc3C2)c1. The predicted octanol–water partition coefficient (Wildman–Crippen LogP) is 3.27. The molecule has 0 atom stereocenters. The number of aryl methyl sites for hydroxylation is 1. The number of anilines is 1. The molecule has 0 unspecified atom stereocenters. The fourth-order valence-electron chi connectivity index (χ4n) is 2.90. The van der Waals surface area contributed by atoms with Gasteiger partial charge < -0.3 is 5.73 Å². The molecular weight excluding hydrogens is 251 g/mol. The molecule has 0 saturated carbocycles. The molecule has 1 heterocycles. The van der Waals surface area contributed by atoms with Crippen LogP contribution in [0.3, 0.4) is 0 Å². The first-order valence-corrected chi connectivity index (χ1v) is 6.97. The predicted molar refractivity (Wildman–Crippen MR) is 79.8 cm³/mol. The van der Waals surface area contributed by atoms with E-state index < -0.39 is 0 Å². The molecule has 2 aromatic rings. The summed E-state index contributed by atoms with van der Waals surface area (Å²) < 4.78 is 13.8. The molecule has 0 aliphatic carbocycles. The van der Waals surface area contributed by atoms with Gasteiger partial charge in [0.25, 0.3) is 0 Å². The zero-order valence-corrected chi connectivity index (χ0v) is 11.7. The summed E-state index contributed by atoms with van der Waals surface area (Å²) in [6, 6.07) is 11.4. The average Bonchev–Trinajstić information content (AvgIpc) is 2.43. The van der Waals surface area contributed by atoms with Gasteiger partial charge in [0.1, 0.15) is 5.82 Å². The molecule has 1 aliphatic rings. The minimum absolute atomic E-state index is 0.117. The lowest BCUT2D eigenvalue weighted by Gasteiger charge is -2.29. The van der Waals surface area contributed by atoms with E-state index >= 15 is 0 Å². The lowest BCUT2D eigenvalue weighted by Crippen LogP contribution is -2.30. The average molecular weight is 270 g/mol. The Bertz CT molecular complexity index is 637. The van der Waals surface area contributed by atoms with Crippen LogP contribution in [0, 0.1) is 12.7 Å². The van der Waals surface area contributed by atoms with Gasteiger partial charge in [-0.05, 0) is 36.6 Å². The van der Waals surface area contributed by atoms with Crippen LogP contribution in [-0.4, -0.2) is 11.4 Å². The minimum atomic E-state index is -0.117. The second kappa shape index (κ2) is 5.25. The Morgan fingerprint density at radius 3 is 2.95 bits per heavy atom. The summed E-state index contributed by atoms with van der Waals surface area (Å²) in [7, 11) is 0. The lowest BCUT2D eigenvalue weighted by molar-refractivity contribution is 0.242. The fourth-order valence-corrected chi connectivity index (χ4v) is 2.90. The van der Waals surface area contributed by atoms with E-state index in [9.17, 15) is 4.39 Å². The van der Waals surface area contributed by atoms with Crippen molar-refractivity contribution in [3.8, 4) is 0 Å². The first-order chi connectivity index (χ1) is 9.63. The Labute approximate surface area is 119 Å². The topological polar surface area (TPSA) is 29.3 Å². The third kappa shape index (κ3) is 2.54. The fraction of sp³-hybridized carbons (Fsp3) is 0.294. The molecular formula is C17H19FN2. The van der Waals surface area contributed by atoms with Gasteiger partial charge in [-0.15, -0.1) is 0 Å². The number of hydrogen-bond donors (Lipinski definition) is 1. The molecule has 0 spiro atoms. The Morgan fingerprint density at radius 1 is 1.25 bits per heavy atom. The Kier molecular flexibility index (Phi) is 3.45. The van der Waals surface area contributed by atoms with Crippen LogP contribution in [0.2, 0.25) is 0 Å². The number of halogens is 1. The van der Waals surface area contributed by atoms with Gasteiger partial charge in [0.15, 0.2) is 0 Å². The molecule has 0 fully saturated rings. The summed E-state index contributed by atoms with van der Waals surface area (Å²) in [5.74, 6) is -0.117. The van der Waals surface area contributed by atoms with E-state index in [0.29, 0.717) is 6.54 Å². The summed E-state index contributed by atoms with van der Waals surface area (Å²) in [6.07, 6.45) is 0.940. The lowest BCUT2D eigenvalue weighted by atomic mass is 9.97. The van der Waals surface area contributed by atoms with E-state index in [4.69, 9.17) is 5.73 Å². The normalized spacial score (nSPS) is 15.1. The van der Waals surface area contributed by atoms with Crippen LogP contribution in [0.15, 0.2) is 36.4 Å². The van der Waals surface area contributed by atoms with Crippen LogP contribution in [0.25, 0.3) is 0 Å².